The summed E-state index contributed by atoms with van der Waals surface area (Å²) in [4.78, 5) is 34.8. The van der Waals surface area contributed by atoms with Gasteiger partial charge >= 0.3 is 11.7 Å². The van der Waals surface area contributed by atoms with E-state index in [-0.39, 0.29) is 5.56 Å². The van der Waals surface area contributed by atoms with Crippen LogP contribution in [0.3, 0.4) is 0 Å². The van der Waals surface area contributed by atoms with Gasteiger partial charge in [-0.05, 0) is 69.9 Å². The molecule has 2 aromatic carbocycles. The second kappa shape index (κ2) is 10.1. The zero-order valence-corrected chi connectivity index (χ0v) is 18.1. The largest absolute Gasteiger partial charge is 0.502 e. The van der Waals surface area contributed by atoms with Crippen molar-refractivity contribution in [3.05, 3.63) is 63.2 Å². The Morgan fingerprint density at radius 2 is 1.84 bits per heavy atom. The fourth-order valence-electron chi connectivity index (χ4n) is 2.91. The summed E-state index contributed by atoms with van der Waals surface area (Å²) in [5.41, 5.74) is 0.718. The second-order valence-electron chi connectivity index (χ2n) is 8.06. The molecule has 0 heterocycles. The second-order valence-corrected chi connectivity index (χ2v) is 8.06. The number of phenols is 1. The van der Waals surface area contributed by atoms with E-state index in [1.54, 1.807) is 13.8 Å². The summed E-state index contributed by atoms with van der Waals surface area (Å²) >= 11 is 0. The highest BCUT2D eigenvalue weighted by Gasteiger charge is 2.30. The molecule has 0 radical (unpaired) electrons. The van der Waals surface area contributed by atoms with Crippen molar-refractivity contribution >= 4 is 17.4 Å². The molecule has 0 amide bonds. The first-order valence-electron chi connectivity index (χ1n) is 9.89. The van der Waals surface area contributed by atoms with Gasteiger partial charge in [0.1, 0.15) is 5.75 Å². The number of Topliss-reactive ketones (excluding diaryl/α,β-unsaturated/α-hetero) is 1. The van der Waals surface area contributed by atoms with Crippen LogP contribution in [-0.2, 0) is 9.53 Å². The number of esters is 1. The Bertz CT molecular complexity index is 982. The third-order valence-electron chi connectivity index (χ3n) is 4.93. The van der Waals surface area contributed by atoms with E-state index >= 15 is 0 Å². The summed E-state index contributed by atoms with van der Waals surface area (Å²) in [6, 6.07) is 9.24. The molecule has 8 nitrogen and oxygen atoms in total. The van der Waals surface area contributed by atoms with Crippen LogP contribution in [0.4, 0.5) is 5.69 Å². The van der Waals surface area contributed by atoms with Crippen molar-refractivity contribution in [1.29, 1.82) is 0 Å². The first kappa shape index (κ1) is 23.9. The number of nitrogens with zero attached hydrogens (tertiary/aromatic N) is 1. The lowest BCUT2D eigenvalue weighted by atomic mass is 9.88. The molecule has 8 heteroatoms. The molecule has 0 saturated carbocycles. The lowest BCUT2D eigenvalue weighted by Crippen LogP contribution is -2.29. The molecule has 0 fully saturated rings. The first-order valence-corrected chi connectivity index (χ1v) is 9.89. The molecule has 0 aromatic heterocycles. The van der Waals surface area contributed by atoms with Crippen molar-refractivity contribution in [3.63, 3.8) is 0 Å². The summed E-state index contributed by atoms with van der Waals surface area (Å²) < 4.78 is 10.9. The van der Waals surface area contributed by atoms with Gasteiger partial charge in [-0.2, -0.15) is 0 Å². The van der Waals surface area contributed by atoms with Crippen molar-refractivity contribution in [2.24, 2.45) is 5.41 Å². The number of carbonyl (C=O) groups excluding carboxylic acids is 2. The van der Waals surface area contributed by atoms with Crippen LogP contribution in [-0.4, -0.2) is 35.0 Å². The molecule has 31 heavy (non-hydrogen) atoms. The monoisotopic (exact) mass is 429 g/mol. The minimum Gasteiger partial charge on any atom is -0.502 e. The van der Waals surface area contributed by atoms with E-state index in [1.807, 2.05) is 32.0 Å². The number of hydrogen-bond donors (Lipinski definition) is 1. The molecule has 2 aromatic rings. The molecular weight excluding hydrogens is 402 g/mol. The molecule has 1 N–H and O–H groups in total. The molecule has 0 aliphatic rings. The lowest BCUT2D eigenvalue weighted by Gasteiger charge is -2.22. The van der Waals surface area contributed by atoms with Crippen molar-refractivity contribution in [2.75, 3.05) is 13.2 Å². The van der Waals surface area contributed by atoms with Gasteiger partial charge in [0, 0.05) is 11.6 Å². The lowest BCUT2D eigenvalue weighted by molar-refractivity contribution is -0.385. The predicted molar refractivity (Wildman–Crippen MR) is 114 cm³/mol. The maximum atomic E-state index is 12.4. The number of ether oxygens (including phenoxy) is 2. The molecule has 2 rings (SSSR count). The van der Waals surface area contributed by atoms with E-state index < -0.39 is 40.1 Å². The molecule has 166 valence electrons. The highest BCUT2D eigenvalue weighted by Crippen LogP contribution is 2.28. The number of phenolic OH excluding ortho intramolecular Hbond substituents is 1. The molecule has 0 aliphatic heterocycles. The number of aryl methyl sites for hydroxylation is 2. The Balaban J connectivity index is 1.85. The number of hydrogen-bond acceptors (Lipinski definition) is 7. The van der Waals surface area contributed by atoms with Crippen LogP contribution in [0.5, 0.6) is 11.5 Å². The van der Waals surface area contributed by atoms with Gasteiger partial charge in [0.2, 0.25) is 5.78 Å². The number of nitro groups is 1. The number of ketones is 1. The summed E-state index contributed by atoms with van der Waals surface area (Å²) in [6.07, 6.45) is 1.11. The molecule has 0 atom stereocenters. The van der Waals surface area contributed by atoms with Crippen LogP contribution in [0.2, 0.25) is 0 Å². The van der Waals surface area contributed by atoms with E-state index in [0.29, 0.717) is 19.4 Å². The third-order valence-corrected chi connectivity index (χ3v) is 4.93. The Hall–Kier alpha value is -3.42. The number of benzene rings is 2. The van der Waals surface area contributed by atoms with E-state index in [1.165, 1.54) is 6.07 Å². The molecule has 0 saturated heterocycles. The van der Waals surface area contributed by atoms with Gasteiger partial charge in [-0.1, -0.05) is 12.1 Å². The maximum absolute atomic E-state index is 12.4. The molecule has 0 bridgehead atoms. The van der Waals surface area contributed by atoms with E-state index in [2.05, 4.69) is 0 Å². The standard InChI is InChI=1S/C23H27NO7/c1-15-6-7-16(2)21(12-15)30-11-5-10-23(3,4)22(27)31-14-20(26)17-8-9-19(25)18(13-17)24(28)29/h6-9,12-13,25H,5,10-11,14H2,1-4H3. The van der Waals surface area contributed by atoms with Crippen molar-refractivity contribution in [3.8, 4) is 11.5 Å². The minimum absolute atomic E-state index is 0.0166. The third kappa shape index (κ3) is 6.53. The number of aromatic hydroxyl groups is 1. The fourth-order valence-corrected chi connectivity index (χ4v) is 2.91. The highest BCUT2D eigenvalue weighted by molar-refractivity contribution is 5.99. The van der Waals surface area contributed by atoms with Crippen molar-refractivity contribution < 1.29 is 29.1 Å². The Morgan fingerprint density at radius 3 is 2.52 bits per heavy atom. The van der Waals surface area contributed by atoms with Gasteiger partial charge in [0.05, 0.1) is 16.9 Å². The van der Waals surface area contributed by atoms with Gasteiger partial charge in [-0.15, -0.1) is 0 Å². The molecule has 0 aliphatic carbocycles. The zero-order valence-electron chi connectivity index (χ0n) is 18.1. The normalized spacial score (nSPS) is 11.1. The Kier molecular flexibility index (Phi) is 7.74. The predicted octanol–water partition coefficient (Wildman–Crippen LogP) is 4.53. The minimum atomic E-state index is -0.827. The zero-order chi connectivity index (χ0) is 23.2. The summed E-state index contributed by atoms with van der Waals surface area (Å²) in [5, 5.41) is 20.4. The van der Waals surface area contributed by atoms with Crippen LogP contribution in [0.15, 0.2) is 36.4 Å². The van der Waals surface area contributed by atoms with Crippen LogP contribution in [0.1, 0.15) is 48.2 Å². The summed E-state index contributed by atoms with van der Waals surface area (Å²) in [5.74, 6) is -0.858. The molecule has 0 spiro atoms. The average molecular weight is 429 g/mol. The van der Waals surface area contributed by atoms with Crippen LogP contribution < -0.4 is 4.74 Å². The Labute approximate surface area is 181 Å². The SMILES string of the molecule is Cc1ccc(C)c(OCCCC(C)(C)C(=O)OCC(=O)c2ccc(O)c([N+](=O)[O-])c2)c1. The van der Waals surface area contributed by atoms with Gasteiger partial charge in [-0.25, -0.2) is 0 Å². The number of rotatable bonds is 10. The summed E-state index contributed by atoms with van der Waals surface area (Å²) in [6.45, 7) is 7.31. The van der Waals surface area contributed by atoms with Crippen molar-refractivity contribution in [1.82, 2.24) is 0 Å². The van der Waals surface area contributed by atoms with Gasteiger partial charge in [0.15, 0.2) is 12.4 Å². The number of nitro benzene ring substituents is 1. The van der Waals surface area contributed by atoms with Gasteiger partial charge < -0.3 is 14.6 Å². The Morgan fingerprint density at radius 1 is 1.13 bits per heavy atom. The quantitative estimate of drug-likeness (QED) is 0.194. The number of carbonyl (C=O) groups is 2. The van der Waals surface area contributed by atoms with E-state index in [9.17, 15) is 24.8 Å². The van der Waals surface area contributed by atoms with E-state index in [0.717, 1.165) is 29.0 Å². The van der Waals surface area contributed by atoms with Crippen LogP contribution in [0, 0.1) is 29.4 Å². The average Bonchev–Trinajstić information content (AvgIpc) is 2.71. The van der Waals surface area contributed by atoms with E-state index in [4.69, 9.17) is 9.47 Å². The highest BCUT2D eigenvalue weighted by atomic mass is 16.6. The van der Waals surface area contributed by atoms with Gasteiger partial charge in [-0.3, -0.25) is 19.7 Å². The van der Waals surface area contributed by atoms with Crippen molar-refractivity contribution in [2.45, 2.75) is 40.5 Å². The smallest absolute Gasteiger partial charge is 0.311 e. The molecular formula is C23H27NO7. The van der Waals surface area contributed by atoms with Gasteiger partial charge in [0.25, 0.3) is 0 Å². The van der Waals surface area contributed by atoms with Crippen LogP contribution >= 0.6 is 0 Å². The maximum Gasteiger partial charge on any atom is 0.311 e. The first-order chi connectivity index (χ1) is 14.5. The summed E-state index contributed by atoms with van der Waals surface area (Å²) in [7, 11) is 0. The topological polar surface area (TPSA) is 116 Å². The fraction of sp³-hybridized carbons (Fsp3) is 0.391. The van der Waals surface area contributed by atoms with Crippen LogP contribution in [0.25, 0.3) is 0 Å². The molecule has 0 unspecified atom stereocenters.